The monoisotopic (exact) mass is 978 g/mol. The maximum atomic E-state index is 12.4. The summed E-state index contributed by atoms with van der Waals surface area (Å²) in [6.45, 7) is 9.53. The fourth-order valence-corrected chi connectivity index (χ4v) is 14.6. The highest BCUT2D eigenvalue weighted by Crippen LogP contribution is 2.56. The minimum Gasteiger partial charge on any atom is -0.318 e. The molecule has 16 rings (SSSR count). The number of benzene rings is 12. The Labute approximate surface area is 440 Å². The van der Waals surface area contributed by atoms with Gasteiger partial charge in [-0.25, -0.2) is 4.85 Å². The summed E-state index contributed by atoms with van der Waals surface area (Å²) < 4.78 is 66.8. The Hall–Kier alpha value is -9.56. The molecule has 12 aromatic carbocycles. The predicted octanol–water partition coefficient (Wildman–Crippen LogP) is 19.8. The van der Waals surface area contributed by atoms with E-state index in [1.807, 2.05) is 91.0 Å². The average Bonchev–Trinajstić information content (AvgIpc) is 4.44. The van der Waals surface area contributed by atoms with Crippen LogP contribution in [0.5, 0.6) is 0 Å². The summed E-state index contributed by atoms with van der Waals surface area (Å²) in [5.41, 5.74) is 7.03. The van der Waals surface area contributed by atoms with E-state index in [2.05, 4.69) is 106 Å². The van der Waals surface area contributed by atoms with Crippen LogP contribution in [0.15, 0.2) is 218 Å². The molecule has 0 aliphatic rings. The Morgan fingerprint density at radius 3 is 1.53 bits per heavy atom. The van der Waals surface area contributed by atoms with E-state index in [-0.39, 0.29) is 64.2 Å². The summed E-state index contributed by atoms with van der Waals surface area (Å²) in [5, 5.41) is 21.3. The van der Waals surface area contributed by atoms with Crippen LogP contribution in [0.25, 0.3) is 155 Å². The molecule has 0 fully saturated rings. The van der Waals surface area contributed by atoms with Gasteiger partial charge in [-0.2, -0.15) is 5.26 Å². The van der Waals surface area contributed by atoms with Gasteiger partial charge in [0.05, 0.1) is 63.2 Å². The van der Waals surface area contributed by atoms with Gasteiger partial charge in [0.1, 0.15) is 6.07 Å². The van der Waals surface area contributed by atoms with Crippen LogP contribution in [-0.4, -0.2) is 9.13 Å². The zero-order chi connectivity index (χ0) is 54.0. The predicted molar refractivity (Wildman–Crippen MR) is 314 cm³/mol. The zero-order valence-corrected chi connectivity index (χ0v) is 40.6. The number of hydrogen-bond acceptors (Lipinski definition) is 3. The third kappa shape index (κ3) is 5.43. The number of nitriles is 1. The molecule has 0 spiro atoms. The Morgan fingerprint density at radius 1 is 0.446 bits per heavy atom. The minimum absolute atomic E-state index is 0.0561. The van der Waals surface area contributed by atoms with Gasteiger partial charge in [0.25, 0.3) is 0 Å². The highest BCUT2D eigenvalue weighted by molar-refractivity contribution is 7.27. The van der Waals surface area contributed by atoms with Crippen LogP contribution in [0.1, 0.15) is 13.8 Å². The summed E-state index contributed by atoms with van der Waals surface area (Å²) in [6.07, 6.45) is 0. The third-order valence-corrected chi connectivity index (χ3v) is 17.4. The molecule has 4 nitrogen and oxygen atoms in total. The van der Waals surface area contributed by atoms with E-state index in [0.29, 0.717) is 60.3 Å². The second-order valence-corrected chi connectivity index (χ2v) is 20.8. The van der Waals surface area contributed by atoms with Gasteiger partial charge in [-0.15, -0.1) is 22.7 Å². The van der Waals surface area contributed by atoms with E-state index < -0.39 is 0 Å². The van der Waals surface area contributed by atoms with Gasteiger partial charge >= 0.3 is 0 Å². The number of thiophene rings is 2. The van der Waals surface area contributed by atoms with Crippen molar-refractivity contribution in [1.29, 1.82) is 5.26 Å². The minimum atomic E-state index is -0.351. The van der Waals surface area contributed by atoms with E-state index in [4.69, 9.17) is 0 Å². The molecule has 0 saturated heterocycles. The van der Waals surface area contributed by atoms with Gasteiger partial charge in [-0.05, 0) is 74.1 Å². The Kier molecular flexibility index (Phi) is 7.43. The molecule has 16 aromatic rings. The van der Waals surface area contributed by atoms with Crippen LogP contribution in [-0.2, 0) is 0 Å². The first-order chi connectivity index (χ1) is 39.2. The summed E-state index contributed by atoms with van der Waals surface area (Å²) >= 11 is 3.38. The maximum Gasteiger partial charge on any atom is 0.220 e. The van der Waals surface area contributed by atoms with E-state index >= 15 is 0 Å². The lowest BCUT2D eigenvalue weighted by Crippen LogP contribution is -2.09. The van der Waals surface area contributed by atoms with Crippen molar-refractivity contribution in [3.05, 3.63) is 235 Å². The summed E-state index contributed by atoms with van der Waals surface area (Å²) in [4.78, 5) is 4.49. The molecule has 0 atom stereocenters. The molecule has 0 N–H and O–H groups in total. The largest absolute Gasteiger partial charge is 0.318 e. The average molecular weight is 979 g/mol. The molecule has 0 amide bonds. The molecule has 340 valence electrons. The Balaban J connectivity index is 1.26. The Morgan fingerprint density at radius 2 is 0.946 bits per heavy atom. The van der Waals surface area contributed by atoms with Crippen LogP contribution in [0.2, 0.25) is 0 Å². The third-order valence-electron chi connectivity index (χ3n) is 15.1. The number of aromatic nitrogens is 2. The van der Waals surface area contributed by atoms with Crippen molar-refractivity contribution in [3.63, 3.8) is 0 Å². The molecule has 0 bridgehead atoms. The molecule has 0 aliphatic carbocycles. The molecule has 0 saturated carbocycles. The van der Waals surface area contributed by atoms with Crippen molar-refractivity contribution in [3.8, 4) is 50.8 Å². The van der Waals surface area contributed by atoms with E-state index in [9.17, 15) is 20.1 Å². The summed E-state index contributed by atoms with van der Waals surface area (Å²) in [5.74, 6) is 0. The van der Waals surface area contributed by atoms with Crippen molar-refractivity contribution in [2.45, 2.75) is 0 Å². The first-order valence-electron chi connectivity index (χ1n) is 27.3. The second-order valence-electron chi connectivity index (χ2n) is 18.7. The van der Waals surface area contributed by atoms with Crippen molar-refractivity contribution < 1.29 is 8.22 Å². The Bertz CT molecular complexity index is 5410. The standard InChI is InChI=1S/C68H36N4S2/c1-70-62-57(40-21-7-3-8-22-40)52(38-69)63(58(41-23-9-4-10-24-41)65(62)71-53-31-17-29-46-42-25-11-12-26-43(42)47-30-18-32-54(71)61(47)60(46)53)72-64-49(36-35-48-44-27-13-15-33-55(44)73-67(48)64)59-50(39-19-5-2-6-20-39)37-51-45-28-14-16-34-56(45)74-68(51)66(59)72/h2-37H/i17D,18D,29D,30D,31D,32D. The van der Waals surface area contributed by atoms with Gasteiger partial charge in [0, 0.05) is 63.6 Å². The topological polar surface area (TPSA) is 38.0 Å². The molecule has 0 radical (unpaired) electrons. The molecule has 0 unspecified atom stereocenters. The van der Waals surface area contributed by atoms with Gasteiger partial charge in [0.2, 0.25) is 5.69 Å². The highest BCUT2D eigenvalue weighted by atomic mass is 32.1. The van der Waals surface area contributed by atoms with Gasteiger partial charge < -0.3 is 9.13 Å². The summed E-state index contributed by atoms with van der Waals surface area (Å²) in [7, 11) is 0. The van der Waals surface area contributed by atoms with Gasteiger partial charge in [0.15, 0.2) is 0 Å². The lowest BCUT2D eigenvalue weighted by molar-refractivity contribution is 1.14. The zero-order valence-electron chi connectivity index (χ0n) is 44.9. The van der Waals surface area contributed by atoms with Gasteiger partial charge in [-0.1, -0.05) is 188 Å². The van der Waals surface area contributed by atoms with Gasteiger partial charge in [-0.3, -0.25) is 0 Å². The normalized spacial score (nSPS) is 13.2. The van der Waals surface area contributed by atoms with E-state index in [1.54, 1.807) is 27.2 Å². The molecular formula is C68H36N4S2. The number of fused-ring (bicyclic) bond motifs is 14. The first kappa shape index (κ1) is 35.5. The van der Waals surface area contributed by atoms with Crippen molar-refractivity contribution in [2.24, 2.45) is 0 Å². The fourth-order valence-electron chi connectivity index (χ4n) is 12.1. The van der Waals surface area contributed by atoms with Crippen LogP contribution in [0.4, 0.5) is 5.69 Å². The van der Waals surface area contributed by atoms with Crippen molar-refractivity contribution in [1.82, 2.24) is 9.13 Å². The smallest absolute Gasteiger partial charge is 0.220 e. The molecule has 74 heavy (non-hydrogen) atoms. The SMILES string of the molecule is [2H]c1c([2H])c2c3ccccc3c3c([2H])c([2H])c([2H])c4c3c2c(c1[2H])n4-c1c([N+]#[C-])c(-c2ccccc2)c(C#N)c(-n2c3c(ccc4c5ccccc5sc43)c3c(-c4ccccc4)cc4c5ccccc5sc4c32)c1-c1ccccc1. The van der Waals surface area contributed by atoms with Crippen LogP contribution < -0.4 is 0 Å². The highest BCUT2D eigenvalue weighted by Gasteiger charge is 2.34. The number of hydrogen-bond donors (Lipinski definition) is 0. The first-order valence-corrected chi connectivity index (χ1v) is 25.9. The quantitative estimate of drug-likeness (QED) is 0.125. The molecule has 0 aliphatic heterocycles. The van der Waals surface area contributed by atoms with E-state index in [1.165, 1.54) is 0 Å². The maximum absolute atomic E-state index is 12.4. The molecule has 4 aromatic heterocycles. The van der Waals surface area contributed by atoms with Crippen molar-refractivity contribution in [2.75, 3.05) is 0 Å². The summed E-state index contributed by atoms with van der Waals surface area (Å²) in [6, 6.07) is 61.6. The fraction of sp³-hybridized carbons (Fsp3) is 0. The lowest BCUT2D eigenvalue weighted by Gasteiger charge is -2.26. The molecule has 4 heterocycles. The van der Waals surface area contributed by atoms with Crippen LogP contribution >= 0.6 is 22.7 Å². The number of rotatable bonds is 5. The van der Waals surface area contributed by atoms with E-state index in [0.717, 1.165) is 73.3 Å². The van der Waals surface area contributed by atoms with Crippen LogP contribution in [0.3, 0.4) is 0 Å². The lowest BCUT2D eigenvalue weighted by atomic mass is 9.88. The molecule has 6 heteroatoms. The van der Waals surface area contributed by atoms with Crippen molar-refractivity contribution >= 4 is 134 Å². The number of nitrogens with zero attached hydrogens (tertiary/aromatic N) is 4. The molecular weight excluding hydrogens is 937 g/mol. The van der Waals surface area contributed by atoms with Crippen LogP contribution in [0, 0.1) is 17.9 Å². The second kappa shape index (κ2) is 15.5.